The summed E-state index contributed by atoms with van der Waals surface area (Å²) in [5.41, 5.74) is 2.40. The van der Waals surface area contributed by atoms with Gasteiger partial charge < -0.3 is 10.4 Å². The van der Waals surface area contributed by atoms with E-state index in [0.29, 0.717) is 11.7 Å². The average Bonchev–Trinajstić information content (AvgIpc) is 2.46. The summed E-state index contributed by atoms with van der Waals surface area (Å²) in [7, 11) is 0. The van der Waals surface area contributed by atoms with Crippen LogP contribution in [0.15, 0.2) is 48.5 Å². The molecule has 2 rings (SSSR count). The summed E-state index contributed by atoms with van der Waals surface area (Å²) in [6.45, 7) is 6.54. The molecule has 2 atom stereocenters. The zero-order valence-corrected chi connectivity index (χ0v) is 13.4. The third-order valence-electron chi connectivity index (χ3n) is 3.72. The Hall–Kier alpha value is -1.51. The molecule has 0 heterocycles. The summed E-state index contributed by atoms with van der Waals surface area (Å²) < 4.78 is 0. The number of hydrogen-bond donors (Lipinski definition) is 2. The van der Waals surface area contributed by atoms with Gasteiger partial charge >= 0.3 is 0 Å². The van der Waals surface area contributed by atoms with Gasteiger partial charge in [-0.3, -0.25) is 0 Å². The zero-order chi connectivity index (χ0) is 15.4. The van der Waals surface area contributed by atoms with E-state index < -0.39 is 0 Å². The number of nitrogens with one attached hydrogen (secondary N) is 1. The van der Waals surface area contributed by atoms with E-state index in [1.54, 1.807) is 12.1 Å². The molecule has 0 amide bonds. The number of halogens is 1. The minimum Gasteiger partial charge on any atom is -0.508 e. The minimum absolute atomic E-state index is 0.202. The monoisotopic (exact) mass is 303 g/mol. The molecule has 0 spiro atoms. The van der Waals surface area contributed by atoms with Crippen molar-refractivity contribution in [3.63, 3.8) is 0 Å². The fourth-order valence-electron chi connectivity index (χ4n) is 2.47. The van der Waals surface area contributed by atoms with Gasteiger partial charge in [0.05, 0.1) is 0 Å². The molecule has 112 valence electrons. The highest BCUT2D eigenvalue weighted by atomic mass is 35.5. The van der Waals surface area contributed by atoms with Gasteiger partial charge in [0, 0.05) is 17.1 Å². The first-order valence-corrected chi connectivity index (χ1v) is 7.65. The van der Waals surface area contributed by atoms with Crippen molar-refractivity contribution in [2.45, 2.75) is 32.9 Å². The fraction of sp³-hybridized carbons (Fsp3) is 0.333. The van der Waals surface area contributed by atoms with Gasteiger partial charge in [0.15, 0.2) is 0 Å². The third-order valence-corrected chi connectivity index (χ3v) is 3.97. The van der Waals surface area contributed by atoms with Gasteiger partial charge in [0.25, 0.3) is 0 Å². The highest BCUT2D eigenvalue weighted by molar-refractivity contribution is 6.30. The van der Waals surface area contributed by atoms with Crippen molar-refractivity contribution in [3.8, 4) is 5.75 Å². The van der Waals surface area contributed by atoms with E-state index >= 15 is 0 Å². The Morgan fingerprint density at radius 3 is 1.90 bits per heavy atom. The number of phenols is 1. The molecule has 0 bridgehead atoms. The van der Waals surface area contributed by atoms with Crippen molar-refractivity contribution in [1.82, 2.24) is 5.32 Å². The number of hydrogen-bond acceptors (Lipinski definition) is 2. The molecule has 2 aromatic rings. The van der Waals surface area contributed by atoms with Gasteiger partial charge in [0.2, 0.25) is 0 Å². The molecular formula is C18H22ClNO. The SMILES string of the molecule is CC(NC(c1ccc(Cl)cc1)C(C)C)c1ccc(O)cc1. The van der Waals surface area contributed by atoms with E-state index in [0.717, 1.165) is 10.6 Å². The van der Waals surface area contributed by atoms with E-state index in [4.69, 9.17) is 11.6 Å². The maximum Gasteiger partial charge on any atom is 0.115 e. The van der Waals surface area contributed by atoms with Crippen molar-refractivity contribution in [2.75, 3.05) is 0 Å². The Morgan fingerprint density at radius 2 is 1.38 bits per heavy atom. The Labute approximate surface area is 131 Å². The second kappa shape index (κ2) is 6.97. The number of aromatic hydroxyl groups is 1. The molecule has 2 nitrogen and oxygen atoms in total. The Morgan fingerprint density at radius 1 is 0.857 bits per heavy atom. The Bertz CT molecular complexity index is 563. The summed E-state index contributed by atoms with van der Waals surface area (Å²) in [6, 6.07) is 15.8. The summed E-state index contributed by atoms with van der Waals surface area (Å²) in [5, 5.41) is 13.8. The molecule has 0 aliphatic carbocycles. The summed E-state index contributed by atoms with van der Waals surface area (Å²) in [4.78, 5) is 0. The van der Waals surface area contributed by atoms with Crippen molar-refractivity contribution in [2.24, 2.45) is 5.92 Å². The summed E-state index contributed by atoms with van der Waals surface area (Å²) >= 11 is 5.97. The molecule has 21 heavy (non-hydrogen) atoms. The molecule has 2 aromatic carbocycles. The lowest BCUT2D eigenvalue weighted by Crippen LogP contribution is -2.28. The van der Waals surface area contributed by atoms with Crippen LogP contribution in [0.25, 0.3) is 0 Å². The normalized spacial score (nSPS) is 14.1. The van der Waals surface area contributed by atoms with E-state index in [2.05, 4.69) is 38.2 Å². The molecule has 0 radical (unpaired) electrons. The van der Waals surface area contributed by atoms with Gasteiger partial charge in [-0.05, 0) is 48.2 Å². The zero-order valence-electron chi connectivity index (χ0n) is 12.7. The third kappa shape index (κ3) is 4.23. The lowest BCUT2D eigenvalue weighted by atomic mass is 9.94. The minimum atomic E-state index is 0.202. The van der Waals surface area contributed by atoms with Crippen molar-refractivity contribution < 1.29 is 5.11 Å². The highest BCUT2D eigenvalue weighted by Gasteiger charge is 2.18. The van der Waals surface area contributed by atoms with Crippen LogP contribution in [0.2, 0.25) is 5.02 Å². The fourth-order valence-corrected chi connectivity index (χ4v) is 2.60. The topological polar surface area (TPSA) is 32.3 Å². The lowest BCUT2D eigenvalue weighted by molar-refractivity contribution is 0.374. The van der Waals surface area contributed by atoms with E-state index in [1.165, 1.54) is 5.56 Å². The van der Waals surface area contributed by atoms with Gasteiger partial charge in [-0.1, -0.05) is 49.7 Å². The van der Waals surface area contributed by atoms with Gasteiger partial charge in [0.1, 0.15) is 5.75 Å². The summed E-state index contributed by atoms with van der Waals surface area (Å²) in [5.74, 6) is 0.759. The van der Waals surface area contributed by atoms with Crippen molar-refractivity contribution in [1.29, 1.82) is 0 Å². The Kier molecular flexibility index (Phi) is 5.27. The maximum atomic E-state index is 9.38. The molecule has 0 saturated carbocycles. The highest BCUT2D eigenvalue weighted by Crippen LogP contribution is 2.27. The lowest BCUT2D eigenvalue weighted by Gasteiger charge is -2.27. The smallest absolute Gasteiger partial charge is 0.115 e. The molecular weight excluding hydrogens is 282 g/mol. The number of phenolic OH excluding ortho intramolecular Hbond substituents is 1. The first-order valence-electron chi connectivity index (χ1n) is 7.28. The second-order valence-corrected chi connectivity index (χ2v) is 6.19. The van der Waals surface area contributed by atoms with Crippen LogP contribution >= 0.6 is 11.6 Å². The molecule has 0 fully saturated rings. The van der Waals surface area contributed by atoms with Crippen LogP contribution in [0.3, 0.4) is 0 Å². The van der Waals surface area contributed by atoms with Crippen LogP contribution in [0.4, 0.5) is 0 Å². The second-order valence-electron chi connectivity index (χ2n) is 5.75. The molecule has 2 N–H and O–H groups in total. The molecule has 2 unspecified atom stereocenters. The van der Waals surface area contributed by atoms with Gasteiger partial charge in [-0.25, -0.2) is 0 Å². The number of benzene rings is 2. The molecule has 0 aromatic heterocycles. The number of rotatable bonds is 5. The molecule has 0 aliphatic rings. The standard InChI is InChI=1S/C18H22ClNO/c1-12(2)18(15-4-8-16(19)9-5-15)20-13(3)14-6-10-17(21)11-7-14/h4-13,18,20-21H,1-3H3. The van der Waals surface area contributed by atoms with Crippen LogP contribution in [0.1, 0.15) is 44.0 Å². The first kappa shape index (κ1) is 15.9. The summed E-state index contributed by atoms with van der Waals surface area (Å²) in [6.07, 6.45) is 0. The van der Waals surface area contributed by atoms with Crippen LogP contribution in [-0.4, -0.2) is 5.11 Å². The maximum absolute atomic E-state index is 9.38. The van der Waals surface area contributed by atoms with Crippen LogP contribution in [0.5, 0.6) is 5.75 Å². The van der Waals surface area contributed by atoms with E-state index in [9.17, 15) is 5.11 Å². The largest absolute Gasteiger partial charge is 0.508 e. The van der Waals surface area contributed by atoms with Gasteiger partial charge in [-0.15, -0.1) is 0 Å². The van der Waals surface area contributed by atoms with Crippen LogP contribution in [0, 0.1) is 5.92 Å². The van der Waals surface area contributed by atoms with Crippen molar-refractivity contribution >= 4 is 11.6 Å². The van der Waals surface area contributed by atoms with Gasteiger partial charge in [-0.2, -0.15) is 0 Å². The molecule has 3 heteroatoms. The average molecular weight is 304 g/mol. The molecule has 0 aliphatic heterocycles. The van der Waals surface area contributed by atoms with Crippen LogP contribution < -0.4 is 5.32 Å². The Balaban J connectivity index is 2.16. The van der Waals surface area contributed by atoms with E-state index in [-0.39, 0.29) is 12.1 Å². The predicted molar refractivity (Wildman–Crippen MR) is 88.7 cm³/mol. The van der Waals surface area contributed by atoms with Crippen LogP contribution in [-0.2, 0) is 0 Å². The molecule has 0 saturated heterocycles. The first-order chi connectivity index (χ1) is 9.97. The van der Waals surface area contributed by atoms with Crippen molar-refractivity contribution in [3.05, 3.63) is 64.7 Å². The van der Waals surface area contributed by atoms with E-state index in [1.807, 2.05) is 24.3 Å². The quantitative estimate of drug-likeness (QED) is 0.806. The predicted octanol–water partition coefficient (Wildman–Crippen LogP) is 5.09.